The highest BCUT2D eigenvalue weighted by atomic mass is 16.5. The lowest BCUT2D eigenvalue weighted by Gasteiger charge is -2.42. The van der Waals surface area contributed by atoms with Crippen LogP contribution in [-0.4, -0.2) is 41.2 Å². The molecule has 6 heteroatoms. The van der Waals surface area contributed by atoms with Gasteiger partial charge >= 0.3 is 5.97 Å². The van der Waals surface area contributed by atoms with E-state index in [4.69, 9.17) is 9.47 Å². The highest BCUT2D eigenvalue weighted by Gasteiger charge is 2.38. The number of rotatable bonds is 4. The Morgan fingerprint density at radius 2 is 1.94 bits per heavy atom. The van der Waals surface area contributed by atoms with E-state index in [1.54, 1.807) is 6.92 Å². The van der Waals surface area contributed by atoms with Crippen molar-refractivity contribution < 1.29 is 14.3 Å². The monoisotopic (exact) mass is 427 g/mol. The smallest absolute Gasteiger partial charge is 0.343 e. The Morgan fingerprint density at radius 3 is 2.72 bits per heavy atom. The third-order valence-corrected chi connectivity index (χ3v) is 6.09. The Kier molecular flexibility index (Phi) is 5.35. The second kappa shape index (κ2) is 8.46. The zero-order chi connectivity index (χ0) is 22.0. The molecule has 0 N–H and O–H groups in total. The molecule has 1 saturated heterocycles. The van der Waals surface area contributed by atoms with Gasteiger partial charge in [-0.2, -0.15) is 0 Å². The molecule has 2 aliphatic heterocycles. The minimum atomic E-state index is -0.389. The van der Waals surface area contributed by atoms with Crippen LogP contribution in [0.3, 0.4) is 0 Å². The quantitative estimate of drug-likeness (QED) is 0.559. The Balaban J connectivity index is 1.32. The van der Waals surface area contributed by atoms with Gasteiger partial charge in [-0.1, -0.05) is 42.5 Å². The molecule has 0 atom stereocenters. The largest absolute Gasteiger partial charge is 0.482 e. The number of benzene rings is 2. The summed E-state index contributed by atoms with van der Waals surface area (Å²) in [6.45, 7) is 3.57. The van der Waals surface area contributed by atoms with Gasteiger partial charge in [0.2, 0.25) is 0 Å². The number of aromatic nitrogens is 2. The minimum absolute atomic E-state index is 0.320. The fourth-order valence-corrected chi connectivity index (χ4v) is 4.37. The van der Waals surface area contributed by atoms with Gasteiger partial charge < -0.3 is 14.4 Å². The van der Waals surface area contributed by atoms with Gasteiger partial charge in [0, 0.05) is 37.7 Å². The Bertz CT molecular complexity index is 1150. The van der Waals surface area contributed by atoms with Crippen molar-refractivity contribution in [2.75, 3.05) is 24.6 Å². The van der Waals surface area contributed by atoms with Crippen LogP contribution >= 0.6 is 0 Å². The summed E-state index contributed by atoms with van der Waals surface area (Å²) < 4.78 is 11.7. The van der Waals surface area contributed by atoms with Crippen molar-refractivity contribution in [3.05, 3.63) is 78.3 Å². The second-order valence-electron chi connectivity index (χ2n) is 8.09. The molecule has 5 rings (SSSR count). The van der Waals surface area contributed by atoms with E-state index in [2.05, 4.69) is 69.5 Å². The lowest BCUT2D eigenvalue weighted by atomic mass is 9.87. The summed E-state index contributed by atoms with van der Waals surface area (Å²) in [6, 6.07) is 16.7. The van der Waals surface area contributed by atoms with Crippen LogP contribution in [0.15, 0.2) is 67.1 Å². The zero-order valence-corrected chi connectivity index (χ0v) is 18.0. The summed E-state index contributed by atoms with van der Waals surface area (Å²) >= 11 is 0. The van der Waals surface area contributed by atoms with E-state index in [9.17, 15) is 4.79 Å². The lowest BCUT2D eigenvalue weighted by Crippen LogP contribution is -2.48. The van der Waals surface area contributed by atoms with Crippen LogP contribution in [0.25, 0.3) is 17.2 Å². The van der Waals surface area contributed by atoms with E-state index in [1.165, 1.54) is 23.7 Å². The fourth-order valence-electron chi connectivity index (χ4n) is 4.37. The van der Waals surface area contributed by atoms with Crippen molar-refractivity contribution in [1.29, 1.82) is 0 Å². The predicted molar refractivity (Wildman–Crippen MR) is 124 cm³/mol. The lowest BCUT2D eigenvalue weighted by molar-refractivity contribution is 0.0525. The number of fused-ring (bicyclic) bond motifs is 1. The third-order valence-electron chi connectivity index (χ3n) is 6.09. The van der Waals surface area contributed by atoms with Crippen molar-refractivity contribution >= 4 is 17.9 Å². The summed E-state index contributed by atoms with van der Waals surface area (Å²) in [5, 5.41) is 0. The van der Waals surface area contributed by atoms with E-state index in [0.717, 1.165) is 37.2 Å². The van der Waals surface area contributed by atoms with Crippen LogP contribution < -0.4 is 9.64 Å². The molecule has 0 unspecified atom stereocenters. The summed E-state index contributed by atoms with van der Waals surface area (Å²) in [5.41, 5.74) is 3.54. The molecule has 32 heavy (non-hydrogen) atoms. The van der Waals surface area contributed by atoms with Crippen molar-refractivity contribution in [1.82, 2.24) is 9.97 Å². The second-order valence-corrected chi connectivity index (χ2v) is 8.09. The zero-order valence-electron chi connectivity index (χ0n) is 18.0. The van der Waals surface area contributed by atoms with Crippen LogP contribution in [0.1, 0.15) is 35.7 Å². The minimum Gasteiger partial charge on any atom is -0.482 e. The van der Waals surface area contributed by atoms with E-state index in [-0.39, 0.29) is 11.6 Å². The summed E-state index contributed by atoms with van der Waals surface area (Å²) in [7, 11) is 0. The van der Waals surface area contributed by atoms with E-state index in [0.29, 0.717) is 18.0 Å². The highest BCUT2D eigenvalue weighted by molar-refractivity contribution is 5.94. The number of anilines is 1. The van der Waals surface area contributed by atoms with Gasteiger partial charge in [-0.05, 0) is 36.3 Å². The van der Waals surface area contributed by atoms with E-state index < -0.39 is 0 Å². The maximum absolute atomic E-state index is 12.3. The van der Waals surface area contributed by atoms with Gasteiger partial charge in [-0.3, -0.25) is 0 Å². The fraction of sp³-hybridized carbons (Fsp3) is 0.269. The van der Waals surface area contributed by atoms with Crippen LogP contribution in [0.5, 0.6) is 5.75 Å². The first kappa shape index (κ1) is 20.2. The van der Waals surface area contributed by atoms with Crippen molar-refractivity contribution in [2.45, 2.75) is 25.4 Å². The first-order valence-electron chi connectivity index (χ1n) is 11.0. The molecule has 0 radical (unpaired) electrons. The number of carbonyl (C=O) groups excluding carboxylic acids is 1. The number of hydrogen-bond acceptors (Lipinski definition) is 6. The van der Waals surface area contributed by atoms with Crippen LogP contribution in [0.2, 0.25) is 0 Å². The summed E-state index contributed by atoms with van der Waals surface area (Å²) in [4.78, 5) is 22.8. The molecule has 1 aromatic heterocycles. The molecule has 3 aromatic rings. The molecule has 0 bridgehead atoms. The van der Waals surface area contributed by atoms with Gasteiger partial charge in [-0.25, -0.2) is 14.8 Å². The average molecular weight is 428 g/mol. The van der Waals surface area contributed by atoms with Gasteiger partial charge in [-0.15, -0.1) is 0 Å². The van der Waals surface area contributed by atoms with E-state index in [1.807, 2.05) is 6.07 Å². The molecule has 3 heterocycles. The molecular weight excluding hydrogens is 402 g/mol. The molecule has 6 nitrogen and oxygen atoms in total. The number of nitrogens with zero attached hydrogens (tertiary/aromatic N) is 3. The standard InChI is InChI=1S/C26H25N3O3/c1-2-31-25(30)22-17-27-18-28-24(22)29-14-12-26(13-15-29)11-10-21-16-20(8-9-23(21)32-26)19-6-4-3-5-7-19/h3-11,16-18H,2,12-15H2,1H3. The third kappa shape index (κ3) is 3.84. The summed E-state index contributed by atoms with van der Waals surface area (Å²) in [6.07, 6.45) is 8.97. The maximum atomic E-state index is 12.3. The van der Waals surface area contributed by atoms with E-state index >= 15 is 0 Å². The highest BCUT2D eigenvalue weighted by Crippen LogP contribution is 2.39. The number of piperidine rings is 1. The number of hydrogen-bond donors (Lipinski definition) is 0. The van der Waals surface area contributed by atoms with Crippen molar-refractivity contribution in [3.63, 3.8) is 0 Å². The van der Waals surface area contributed by atoms with Crippen molar-refractivity contribution in [2.24, 2.45) is 0 Å². The number of ether oxygens (including phenoxy) is 2. The van der Waals surface area contributed by atoms with Gasteiger partial charge in [0.05, 0.1) is 6.61 Å². The number of esters is 1. The van der Waals surface area contributed by atoms with Gasteiger partial charge in [0.15, 0.2) is 0 Å². The van der Waals surface area contributed by atoms with Crippen LogP contribution in [0.4, 0.5) is 5.82 Å². The molecule has 1 fully saturated rings. The Morgan fingerprint density at radius 1 is 1.12 bits per heavy atom. The topological polar surface area (TPSA) is 64.5 Å². The molecule has 2 aliphatic rings. The molecule has 0 amide bonds. The Labute approximate surface area is 187 Å². The molecule has 162 valence electrons. The van der Waals surface area contributed by atoms with Gasteiger partial charge in [0.1, 0.15) is 29.1 Å². The summed E-state index contributed by atoms with van der Waals surface area (Å²) in [5.74, 6) is 1.15. The normalized spacial score (nSPS) is 16.3. The predicted octanol–water partition coefficient (Wildman–Crippen LogP) is 4.77. The SMILES string of the molecule is CCOC(=O)c1cncnc1N1CCC2(C=Cc3cc(-c4ccccc4)ccc3O2)CC1. The van der Waals surface area contributed by atoms with Crippen LogP contribution in [-0.2, 0) is 4.74 Å². The maximum Gasteiger partial charge on any atom is 0.343 e. The first-order chi connectivity index (χ1) is 15.7. The molecule has 0 aliphatic carbocycles. The average Bonchev–Trinajstić information content (AvgIpc) is 2.85. The van der Waals surface area contributed by atoms with Gasteiger partial charge in [0.25, 0.3) is 0 Å². The Hall–Kier alpha value is -3.67. The number of carbonyl (C=O) groups is 1. The first-order valence-corrected chi connectivity index (χ1v) is 11.0. The molecule has 0 saturated carbocycles. The molecular formula is C26H25N3O3. The molecule has 1 spiro atoms. The molecule has 2 aromatic carbocycles. The van der Waals surface area contributed by atoms with Crippen LogP contribution in [0, 0.1) is 0 Å². The van der Waals surface area contributed by atoms with Crippen molar-refractivity contribution in [3.8, 4) is 16.9 Å².